The lowest BCUT2D eigenvalue weighted by atomic mass is 9.89. The predicted octanol–water partition coefficient (Wildman–Crippen LogP) is 8.17. The second-order valence-electron chi connectivity index (χ2n) is 11.2. The maximum absolute atomic E-state index is 15.0. The van der Waals surface area contributed by atoms with E-state index in [1.165, 1.54) is 0 Å². The molecule has 3 aromatic carbocycles. The molecule has 0 N–H and O–H groups in total. The first kappa shape index (κ1) is 28.3. The summed E-state index contributed by atoms with van der Waals surface area (Å²) in [5.41, 5.74) is 2.93. The average Bonchev–Trinajstić information content (AvgIpc) is 3.65. The second kappa shape index (κ2) is 10.5. The molecule has 1 saturated carbocycles. The fourth-order valence-corrected chi connectivity index (χ4v) is 10.9. The zero-order valence-electron chi connectivity index (χ0n) is 23.2. The van der Waals surface area contributed by atoms with E-state index in [-0.39, 0.29) is 22.6 Å². The first-order valence-electron chi connectivity index (χ1n) is 13.3. The number of hydrogen-bond donors (Lipinski definition) is 0. The van der Waals surface area contributed by atoms with Crippen molar-refractivity contribution in [2.24, 2.45) is 3.77 Å². The van der Waals surface area contributed by atoms with Gasteiger partial charge in [-0.25, -0.2) is 4.21 Å². The molecule has 0 saturated heterocycles. The Bertz CT molecular complexity index is 1520. The summed E-state index contributed by atoms with van der Waals surface area (Å²) < 4.78 is 48.2. The molecule has 3 aromatic rings. The standard InChI is InChI=1S/C32H39NO3S2/c1-8-32(26-15-11-9-12-16-26)21-30(32)37(34,27-17-13-10-14-18-27)33-38(35,36)31-28(23(4)5)19-25(22(2)3)20-29(31)24(6)7/h8-20,22-24,30H,1,21H2,2-7H3/t30-,32+,37?/m1/s1. The van der Waals surface area contributed by atoms with Crippen LogP contribution in [-0.4, -0.2) is 17.9 Å². The van der Waals surface area contributed by atoms with Gasteiger partial charge < -0.3 is 0 Å². The van der Waals surface area contributed by atoms with Crippen molar-refractivity contribution in [2.75, 3.05) is 0 Å². The molecule has 0 radical (unpaired) electrons. The van der Waals surface area contributed by atoms with Crippen molar-refractivity contribution in [1.29, 1.82) is 0 Å². The quantitative estimate of drug-likeness (QED) is 0.253. The van der Waals surface area contributed by atoms with Gasteiger partial charge in [0.1, 0.15) is 0 Å². The van der Waals surface area contributed by atoms with Crippen LogP contribution in [-0.2, 0) is 25.2 Å². The Hall–Kier alpha value is -2.70. The fourth-order valence-electron chi connectivity index (χ4n) is 5.28. The van der Waals surface area contributed by atoms with Crippen molar-refractivity contribution in [3.63, 3.8) is 0 Å². The highest BCUT2D eigenvalue weighted by Gasteiger charge is 2.59. The third-order valence-corrected chi connectivity index (χ3v) is 12.6. The Balaban J connectivity index is 2.02. The molecule has 0 aromatic heterocycles. The Morgan fingerprint density at radius 3 is 1.76 bits per heavy atom. The number of sulfonamides is 1. The van der Waals surface area contributed by atoms with E-state index < -0.39 is 30.4 Å². The predicted molar refractivity (Wildman–Crippen MR) is 158 cm³/mol. The molecule has 1 fully saturated rings. The van der Waals surface area contributed by atoms with Crippen molar-refractivity contribution in [1.82, 2.24) is 0 Å². The smallest absolute Gasteiger partial charge is 0.243 e. The van der Waals surface area contributed by atoms with Crippen LogP contribution < -0.4 is 0 Å². The molecule has 0 bridgehead atoms. The van der Waals surface area contributed by atoms with Gasteiger partial charge in [0.25, 0.3) is 10.0 Å². The minimum absolute atomic E-state index is 0.0449. The van der Waals surface area contributed by atoms with Crippen LogP contribution in [0, 0.1) is 0 Å². The van der Waals surface area contributed by atoms with Crippen molar-refractivity contribution >= 4 is 19.8 Å². The molecule has 0 spiro atoms. The van der Waals surface area contributed by atoms with Crippen LogP contribution in [0.2, 0.25) is 0 Å². The molecule has 0 amide bonds. The van der Waals surface area contributed by atoms with Gasteiger partial charge in [-0.15, -0.1) is 10.3 Å². The SMILES string of the molecule is C=C[C@@]1(c2ccccc2)C[C@H]1S(=O)(=NS(=O)(=O)c1c(C(C)C)cc(C(C)C)cc1C(C)C)c1ccccc1. The fraction of sp³-hybridized carbons (Fsp3) is 0.375. The lowest BCUT2D eigenvalue weighted by Gasteiger charge is -2.22. The molecule has 0 heterocycles. The Morgan fingerprint density at radius 2 is 1.32 bits per heavy atom. The molecule has 4 nitrogen and oxygen atoms in total. The minimum atomic E-state index is -4.29. The van der Waals surface area contributed by atoms with Crippen LogP contribution in [0.1, 0.15) is 88.0 Å². The lowest BCUT2D eigenvalue weighted by molar-refractivity contribution is 0.592. The van der Waals surface area contributed by atoms with Crippen molar-refractivity contribution < 1.29 is 12.6 Å². The molecule has 202 valence electrons. The molecular weight excluding hydrogens is 510 g/mol. The summed E-state index contributed by atoms with van der Waals surface area (Å²) in [6, 6.07) is 22.6. The number of benzene rings is 3. The molecule has 0 aliphatic heterocycles. The van der Waals surface area contributed by atoms with E-state index in [2.05, 4.69) is 24.2 Å². The van der Waals surface area contributed by atoms with Gasteiger partial charge in [0.05, 0.1) is 19.9 Å². The summed E-state index contributed by atoms with van der Waals surface area (Å²) in [4.78, 5) is 0.643. The van der Waals surface area contributed by atoms with E-state index >= 15 is 4.21 Å². The summed E-state index contributed by atoms with van der Waals surface area (Å²) >= 11 is 0. The molecule has 1 aliphatic carbocycles. The van der Waals surface area contributed by atoms with Crippen molar-refractivity contribution in [3.8, 4) is 0 Å². The van der Waals surface area contributed by atoms with Gasteiger partial charge in [0.15, 0.2) is 0 Å². The molecular formula is C32H39NO3S2. The van der Waals surface area contributed by atoms with E-state index in [4.69, 9.17) is 0 Å². The van der Waals surface area contributed by atoms with Crippen LogP contribution in [0.25, 0.3) is 0 Å². The van der Waals surface area contributed by atoms with Gasteiger partial charge >= 0.3 is 0 Å². The Morgan fingerprint density at radius 1 is 0.816 bits per heavy atom. The van der Waals surface area contributed by atoms with Crippen LogP contribution in [0.15, 0.2) is 99.0 Å². The van der Waals surface area contributed by atoms with Gasteiger partial charge in [0.2, 0.25) is 0 Å². The molecule has 1 aliphatic rings. The van der Waals surface area contributed by atoms with E-state index in [0.29, 0.717) is 11.3 Å². The number of allylic oxidation sites excluding steroid dienone is 1. The van der Waals surface area contributed by atoms with E-state index in [1.807, 2.05) is 82.3 Å². The summed E-state index contributed by atoms with van der Waals surface area (Å²) in [6.45, 7) is 16.3. The normalized spacial score (nSPS) is 20.9. The van der Waals surface area contributed by atoms with Crippen LogP contribution >= 0.6 is 0 Å². The lowest BCUT2D eigenvalue weighted by Crippen LogP contribution is -2.20. The Labute approximate surface area is 229 Å². The molecule has 38 heavy (non-hydrogen) atoms. The highest BCUT2D eigenvalue weighted by molar-refractivity contribution is 8.04. The first-order chi connectivity index (χ1) is 17.9. The highest BCUT2D eigenvalue weighted by Crippen LogP contribution is 2.56. The maximum Gasteiger partial charge on any atom is 0.290 e. The summed E-state index contributed by atoms with van der Waals surface area (Å²) in [5, 5.41) is -0.507. The van der Waals surface area contributed by atoms with Crippen LogP contribution in [0.5, 0.6) is 0 Å². The molecule has 3 atom stereocenters. The van der Waals surface area contributed by atoms with Crippen LogP contribution in [0.3, 0.4) is 0 Å². The van der Waals surface area contributed by atoms with Gasteiger partial charge in [-0.05, 0) is 58.6 Å². The summed E-state index contributed by atoms with van der Waals surface area (Å²) in [6.07, 6.45) is 2.34. The van der Waals surface area contributed by atoms with Gasteiger partial charge in [0, 0.05) is 10.3 Å². The highest BCUT2D eigenvalue weighted by atomic mass is 32.3. The van der Waals surface area contributed by atoms with E-state index in [9.17, 15) is 8.42 Å². The van der Waals surface area contributed by atoms with Crippen LogP contribution in [0.4, 0.5) is 0 Å². The second-order valence-corrected chi connectivity index (χ2v) is 15.4. The Kier molecular flexibility index (Phi) is 7.79. The van der Waals surface area contributed by atoms with Gasteiger partial charge in [-0.1, -0.05) is 108 Å². The topological polar surface area (TPSA) is 63.6 Å². The molecule has 6 heteroatoms. The third-order valence-electron chi connectivity index (χ3n) is 7.63. The average molecular weight is 550 g/mol. The number of hydrogen-bond acceptors (Lipinski definition) is 3. The van der Waals surface area contributed by atoms with E-state index in [1.54, 1.807) is 24.3 Å². The zero-order chi connectivity index (χ0) is 27.9. The van der Waals surface area contributed by atoms with Crippen molar-refractivity contribution in [3.05, 3.63) is 108 Å². The van der Waals surface area contributed by atoms with Gasteiger partial charge in [-0.3, -0.25) is 0 Å². The summed E-state index contributed by atoms with van der Waals surface area (Å²) in [7, 11) is -7.68. The number of rotatable bonds is 9. The maximum atomic E-state index is 15.0. The minimum Gasteiger partial charge on any atom is -0.243 e. The monoisotopic (exact) mass is 549 g/mol. The van der Waals surface area contributed by atoms with Gasteiger partial charge in [-0.2, -0.15) is 8.42 Å². The largest absolute Gasteiger partial charge is 0.290 e. The first-order valence-corrected chi connectivity index (χ1v) is 16.3. The molecule has 1 unspecified atom stereocenters. The number of nitrogens with zero attached hydrogens (tertiary/aromatic N) is 1. The third kappa shape index (κ3) is 5.01. The summed E-state index contributed by atoms with van der Waals surface area (Å²) in [5.74, 6) is 0.158. The molecule has 4 rings (SSSR count). The van der Waals surface area contributed by atoms with Crippen molar-refractivity contribution in [2.45, 2.75) is 86.2 Å². The van der Waals surface area contributed by atoms with E-state index in [0.717, 1.165) is 22.3 Å². The zero-order valence-corrected chi connectivity index (χ0v) is 24.9.